The molecule has 0 radical (unpaired) electrons. The summed E-state index contributed by atoms with van der Waals surface area (Å²) in [6.07, 6.45) is 1.44. The first-order chi connectivity index (χ1) is 6.77. The highest BCUT2D eigenvalue weighted by atomic mass is 16.5. The van der Waals surface area contributed by atoms with Gasteiger partial charge in [0.05, 0.1) is 19.3 Å². The second-order valence-electron chi connectivity index (χ2n) is 2.45. The Bertz CT molecular complexity index is 313. The second-order valence-corrected chi connectivity index (χ2v) is 2.45. The Morgan fingerprint density at radius 2 is 2.43 bits per heavy atom. The molecule has 0 unspecified atom stereocenters. The summed E-state index contributed by atoms with van der Waals surface area (Å²) < 4.78 is 9.55. The lowest BCUT2D eigenvalue weighted by Gasteiger charge is -2.03. The molecule has 1 rings (SSSR count). The summed E-state index contributed by atoms with van der Waals surface area (Å²) in [5, 5.41) is 8.51. The summed E-state index contributed by atoms with van der Waals surface area (Å²) in [7, 11) is 1.30. The lowest BCUT2D eigenvalue weighted by atomic mass is 10.3. The number of hydrogen-bond acceptors (Lipinski definition) is 5. The molecule has 0 atom stereocenters. The largest absolute Gasteiger partial charge is 0.475 e. The van der Waals surface area contributed by atoms with E-state index in [-0.39, 0.29) is 13.2 Å². The third-order valence-corrected chi connectivity index (χ3v) is 1.50. The molecule has 5 nitrogen and oxygen atoms in total. The van der Waals surface area contributed by atoms with Gasteiger partial charge in [0.25, 0.3) is 0 Å². The van der Waals surface area contributed by atoms with Crippen LogP contribution in [0.2, 0.25) is 0 Å². The summed E-state index contributed by atoms with van der Waals surface area (Å²) >= 11 is 0. The topological polar surface area (TPSA) is 68.7 Å². The molecule has 0 spiro atoms. The highest BCUT2D eigenvalue weighted by Gasteiger charge is 2.06. The molecule has 0 aliphatic rings. The molecule has 0 aliphatic heterocycles. The molecular formula is C9H11NO4. The van der Waals surface area contributed by atoms with Crippen molar-refractivity contribution in [3.8, 4) is 5.88 Å². The quantitative estimate of drug-likeness (QED) is 0.700. The van der Waals surface area contributed by atoms with Crippen LogP contribution in [0.5, 0.6) is 5.88 Å². The number of hydrogen-bond donors (Lipinski definition) is 1. The van der Waals surface area contributed by atoms with Crippen molar-refractivity contribution in [2.45, 2.75) is 0 Å². The average molecular weight is 197 g/mol. The molecular weight excluding hydrogens is 186 g/mol. The van der Waals surface area contributed by atoms with Gasteiger partial charge < -0.3 is 14.6 Å². The van der Waals surface area contributed by atoms with E-state index in [0.29, 0.717) is 11.4 Å². The summed E-state index contributed by atoms with van der Waals surface area (Å²) in [5.41, 5.74) is 0.371. The van der Waals surface area contributed by atoms with Crippen molar-refractivity contribution in [1.82, 2.24) is 4.98 Å². The van der Waals surface area contributed by atoms with E-state index in [1.54, 1.807) is 0 Å². The Morgan fingerprint density at radius 1 is 1.64 bits per heavy atom. The molecule has 1 N–H and O–H groups in total. The first-order valence-corrected chi connectivity index (χ1v) is 4.06. The highest BCUT2D eigenvalue weighted by Crippen LogP contribution is 2.09. The predicted molar refractivity (Wildman–Crippen MR) is 48.2 cm³/mol. The number of ether oxygens (including phenoxy) is 2. The minimum atomic E-state index is -0.443. The maximum Gasteiger partial charge on any atom is 0.338 e. The fourth-order valence-electron chi connectivity index (χ4n) is 0.883. The molecule has 0 saturated heterocycles. The van der Waals surface area contributed by atoms with Gasteiger partial charge in [-0.1, -0.05) is 0 Å². The zero-order chi connectivity index (χ0) is 10.4. The number of esters is 1. The Morgan fingerprint density at radius 3 is 3.07 bits per heavy atom. The van der Waals surface area contributed by atoms with Crippen molar-refractivity contribution in [3.05, 3.63) is 23.9 Å². The third-order valence-electron chi connectivity index (χ3n) is 1.50. The van der Waals surface area contributed by atoms with Gasteiger partial charge in [0, 0.05) is 12.3 Å². The van der Waals surface area contributed by atoms with Crippen molar-refractivity contribution in [2.24, 2.45) is 0 Å². The molecule has 1 heterocycles. The number of aromatic nitrogens is 1. The monoisotopic (exact) mass is 197 g/mol. The molecule has 5 heteroatoms. The lowest BCUT2D eigenvalue weighted by Crippen LogP contribution is -2.05. The van der Waals surface area contributed by atoms with Gasteiger partial charge in [-0.3, -0.25) is 0 Å². The van der Waals surface area contributed by atoms with Crippen LogP contribution in [0.15, 0.2) is 18.3 Å². The molecule has 0 aliphatic carbocycles. The third kappa shape index (κ3) is 2.70. The van der Waals surface area contributed by atoms with Gasteiger partial charge in [-0.25, -0.2) is 9.78 Å². The van der Waals surface area contributed by atoms with Gasteiger partial charge in [0.1, 0.15) is 6.61 Å². The van der Waals surface area contributed by atoms with Gasteiger partial charge in [-0.2, -0.15) is 0 Å². The van der Waals surface area contributed by atoms with Crippen molar-refractivity contribution < 1.29 is 19.4 Å². The number of pyridine rings is 1. The van der Waals surface area contributed by atoms with E-state index < -0.39 is 5.97 Å². The van der Waals surface area contributed by atoms with Crippen LogP contribution in [0.4, 0.5) is 0 Å². The molecule has 0 amide bonds. The summed E-state index contributed by atoms with van der Waals surface area (Å²) in [6, 6.07) is 2.99. The van der Waals surface area contributed by atoms with Gasteiger partial charge in [-0.05, 0) is 6.07 Å². The number of aliphatic hydroxyl groups excluding tert-OH is 1. The van der Waals surface area contributed by atoms with Crippen LogP contribution in [0, 0.1) is 0 Å². The average Bonchev–Trinajstić information content (AvgIpc) is 2.25. The van der Waals surface area contributed by atoms with Crippen LogP contribution in [0.3, 0.4) is 0 Å². The second kappa shape index (κ2) is 5.18. The van der Waals surface area contributed by atoms with E-state index in [1.165, 1.54) is 25.4 Å². The van der Waals surface area contributed by atoms with Crippen molar-refractivity contribution in [1.29, 1.82) is 0 Å². The number of aliphatic hydroxyl groups is 1. The minimum Gasteiger partial charge on any atom is -0.475 e. The lowest BCUT2D eigenvalue weighted by molar-refractivity contribution is 0.0600. The maximum absolute atomic E-state index is 11.1. The van der Waals surface area contributed by atoms with E-state index in [9.17, 15) is 4.79 Å². The predicted octanol–water partition coefficient (Wildman–Crippen LogP) is 0.239. The normalized spacial score (nSPS) is 9.57. The van der Waals surface area contributed by atoms with Crippen molar-refractivity contribution in [3.63, 3.8) is 0 Å². The van der Waals surface area contributed by atoms with Gasteiger partial charge in [-0.15, -0.1) is 0 Å². The smallest absolute Gasteiger partial charge is 0.338 e. The Kier molecular flexibility index (Phi) is 3.87. The number of carbonyl (C=O) groups is 1. The van der Waals surface area contributed by atoms with Crippen LogP contribution < -0.4 is 4.74 Å². The Balaban J connectivity index is 2.73. The minimum absolute atomic E-state index is 0.0931. The van der Waals surface area contributed by atoms with E-state index in [4.69, 9.17) is 9.84 Å². The Labute approximate surface area is 81.3 Å². The van der Waals surface area contributed by atoms with Crippen LogP contribution >= 0.6 is 0 Å². The van der Waals surface area contributed by atoms with Gasteiger partial charge >= 0.3 is 5.97 Å². The molecule has 0 aromatic carbocycles. The number of methoxy groups -OCH3 is 1. The fraction of sp³-hybridized carbons (Fsp3) is 0.333. The molecule has 1 aromatic heterocycles. The molecule has 14 heavy (non-hydrogen) atoms. The maximum atomic E-state index is 11.1. The Hall–Kier alpha value is -1.62. The summed E-state index contributed by atoms with van der Waals surface area (Å²) in [5.74, 6) is -0.150. The summed E-state index contributed by atoms with van der Waals surface area (Å²) in [6.45, 7) is 0.0573. The fourth-order valence-corrected chi connectivity index (χ4v) is 0.883. The SMILES string of the molecule is COC(=O)c1ccnc(OCCO)c1. The van der Waals surface area contributed by atoms with Crippen molar-refractivity contribution >= 4 is 5.97 Å². The van der Waals surface area contributed by atoms with Crippen LogP contribution in [0.1, 0.15) is 10.4 Å². The van der Waals surface area contributed by atoms with Crippen molar-refractivity contribution in [2.75, 3.05) is 20.3 Å². The van der Waals surface area contributed by atoms with E-state index in [1.807, 2.05) is 0 Å². The number of nitrogens with zero attached hydrogens (tertiary/aromatic N) is 1. The standard InChI is InChI=1S/C9H11NO4/c1-13-9(12)7-2-3-10-8(6-7)14-5-4-11/h2-3,6,11H,4-5H2,1H3. The van der Waals surface area contributed by atoms with E-state index in [2.05, 4.69) is 9.72 Å². The highest BCUT2D eigenvalue weighted by molar-refractivity contribution is 5.89. The van der Waals surface area contributed by atoms with E-state index in [0.717, 1.165) is 0 Å². The van der Waals surface area contributed by atoms with E-state index >= 15 is 0 Å². The molecule has 0 bridgehead atoms. The van der Waals surface area contributed by atoms with Gasteiger partial charge in [0.15, 0.2) is 0 Å². The zero-order valence-corrected chi connectivity index (χ0v) is 7.77. The van der Waals surface area contributed by atoms with Gasteiger partial charge in [0.2, 0.25) is 5.88 Å². The van der Waals surface area contributed by atoms with Crippen LogP contribution in [-0.4, -0.2) is 36.4 Å². The van der Waals surface area contributed by atoms with Crippen LogP contribution in [0.25, 0.3) is 0 Å². The first-order valence-electron chi connectivity index (χ1n) is 4.06. The first kappa shape index (κ1) is 10.5. The molecule has 0 saturated carbocycles. The molecule has 0 fully saturated rings. The molecule has 1 aromatic rings. The molecule has 76 valence electrons. The number of rotatable bonds is 4. The zero-order valence-electron chi connectivity index (χ0n) is 7.77. The number of carbonyl (C=O) groups excluding carboxylic acids is 1. The van der Waals surface area contributed by atoms with Crippen LogP contribution in [-0.2, 0) is 4.74 Å². The summed E-state index contributed by atoms with van der Waals surface area (Å²) in [4.78, 5) is 14.9.